The van der Waals surface area contributed by atoms with Gasteiger partial charge < -0.3 is 20.1 Å². The lowest BCUT2D eigenvalue weighted by Gasteiger charge is -2.27. The molecule has 6 nitrogen and oxygen atoms in total. The fourth-order valence-corrected chi connectivity index (χ4v) is 3.02. The standard InChI is InChI=1S/C11H20O3.C7H12O3/c1-11(2,3)14-10(13)8-4-6-9(12)7-5-8;8-6-3-1-5(2-4-6)7(9)10/h8-9,12H,4-7H2,1-3H3;5-6,8H,1-4H2,(H,9,10). The summed E-state index contributed by atoms with van der Waals surface area (Å²) < 4.78 is 5.29. The lowest BCUT2D eigenvalue weighted by Crippen LogP contribution is -2.31. The zero-order valence-corrected chi connectivity index (χ0v) is 15.0. The van der Waals surface area contributed by atoms with Gasteiger partial charge >= 0.3 is 11.9 Å². The van der Waals surface area contributed by atoms with Crippen LogP contribution in [0.2, 0.25) is 0 Å². The van der Waals surface area contributed by atoms with E-state index in [4.69, 9.17) is 14.9 Å². The molecule has 0 aromatic rings. The molecule has 0 aromatic carbocycles. The highest BCUT2D eigenvalue weighted by molar-refractivity contribution is 5.73. The Morgan fingerprint density at radius 3 is 1.50 bits per heavy atom. The second-order valence-corrected chi connectivity index (χ2v) is 7.88. The van der Waals surface area contributed by atoms with E-state index in [1.54, 1.807) is 0 Å². The Bertz CT molecular complexity index is 398. The number of ether oxygens (including phenoxy) is 1. The van der Waals surface area contributed by atoms with Crippen LogP contribution in [0.3, 0.4) is 0 Å². The predicted molar refractivity (Wildman–Crippen MR) is 89.4 cm³/mol. The van der Waals surface area contributed by atoms with Crippen LogP contribution < -0.4 is 0 Å². The first kappa shape index (κ1) is 20.9. The zero-order chi connectivity index (χ0) is 18.3. The van der Waals surface area contributed by atoms with Crippen molar-refractivity contribution in [3.8, 4) is 0 Å². The monoisotopic (exact) mass is 344 g/mol. The van der Waals surface area contributed by atoms with Gasteiger partial charge in [-0.2, -0.15) is 0 Å². The number of carbonyl (C=O) groups is 2. The van der Waals surface area contributed by atoms with Gasteiger partial charge in [0.15, 0.2) is 0 Å². The summed E-state index contributed by atoms with van der Waals surface area (Å²) in [5.41, 5.74) is -0.396. The minimum Gasteiger partial charge on any atom is -0.481 e. The Morgan fingerprint density at radius 2 is 1.17 bits per heavy atom. The summed E-state index contributed by atoms with van der Waals surface area (Å²) in [5.74, 6) is -1.03. The number of carboxylic acid groups (broad SMARTS) is 1. The van der Waals surface area contributed by atoms with E-state index in [-0.39, 0.29) is 30.0 Å². The maximum Gasteiger partial charge on any atom is 0.309 e. The van der Waals surface area contributed by atoms with Crippen LogP contribution in [0.25, 0.3) is 0 Å². The minimum atomic E-state index is -0.716. The van der Waals surface area contributed by atoms with Crippen molar-refractivity contribution in [3.63, 3.8) is 0 Å². The van der Waals surface area contributed by atoms with Gasteiger partial charge in [-0.3, -0.25) is 9.59 Å². The molecule has 0 aliphatic heterocycles. The lowest BCUT2D eigenvalue weighted by molar-refractivity contribution is -0.161. The normalized spacial score (nSPS) is 30.7. The van der Waals surface area contributed by atoms with Crippen molar-refractivity contribution in [2.24, 2.45) is 11.8 Å². The van der Waals surface area contributed by atoms with Crippen molar-refractivity contribution in [1.29, 1.82) is 0 Å². The Balaban J connectivity index is 0.000000254. The Labute approximate surface area is 144 Å². The summed E-state index contributed by atoms with van der Waals surface area (Å²) in [6.45, 7) is 5.63. The van der Waals surface area contributed by atoms with E-state index in [9.17, 15) is 14.7 Å². The second-order valence-electron chi connectivity index (χ2n) is 7.88. The molecule has 2 saturated carbocycles. The van der Waals surface area contributed by atoms with Crippen LogP contribution in [0.5, 0.6) is 0 Å². The van der Waals surface area contributed by atoms with Gasteiger partial charge in [0, 0.05) is 0 Å². The van der Waals surface area contributed by atoms with Crippen molar-refractivity contribution in [2.75, 3.05) is 0 Å². The van der Waals surface area contributed by atoms with Gasteiger partial charge in [0.2, 0.25) is 0 Å². The zero-order valence-electron chi connectivity index (χ0n) is 15.0. The fraction of sp³-hybridized carbons (Fsp3) is 0.889. The SMILES string of the molecule is CC(C)(C)OC(=O)C1CCC(O)CC1.O=C(O)C1CCC(O)CC1. The number of aliphatic carboxylic acids is 1. The van der Waals surface area contributed by atoms with Gasteiger partial charge in [-0.1, -0.05) is 0 Å². The topological polar surface area (TPSA) is 104 Å². The molecule has 0 bridgehead atoms. The van der Waals surface area contributed by atoms with E-state index in [1.165, 1.54) is 0 Å². The number of carbonyl (C=O) groups excluding carboxylic acids is 1. The molecule has 0 atom stereocenters. The van der Waals surface area contributed by atoms with Crippen molar-refractivity contribution in [1.82, 2.24) is 0 Å². The maximum atomic E-state index is 11.6. The molecule has 2 aliphatic rings. The van der Waals surface area contributed by atoms with E-state index in [1.807, 2.05) is 20.8 Å². The minimum absolute atomic E-state index is 0.00220. The molecule has 0 heterocycles. The van der Waals surface area contributed by atoms with Crippen molar-refractivity contribution in [3.05, 3.63) is 0 Å². The summed E-state index contributed by atoms with van der Waals surface area (Å²) >= 11 is 0. The number of aliphatic hydroxyl groups is 2. The van der Waals surface area contributed by atoms with E-state index in [2.05, 4.69) is 0 Å². The molecule has 6 heteroatoms. The average Bonchev–Trinajstić information content (AvgIpc) is 2.47. The van der Waals surface area contributed by atoms with Crippen molar-refractivity contribution in [2.45, 2.75) is 89.9 Å². The molecular weight excluding hydrogens is 312 g/mol. The molecule has 0 amide bonds. The molecule has 24 heavy (non-hydrogen) atoms. The van der Waals surface area contributed by atoms with Crippen LogP contribution in [0, 0.1) is 11.8 Å². The van der Waals surface area contributed by atoms with Crippen molar-refractivity contribution < 1.29 is 29.6 Å². The van der Waals surface area contributed by atoms with Crippen LogP contribution in [-0.2, 0) is 14.3 Å². The summed E-state index contributed by atoms with van der Waals surface area (Å²) in [5, 5.41) is 26.8. The smallest absolute Gasteiger partial charge is 0.309 e. The van der Waals surface area contributed by atoms with Gasteiger partial charge in [0.1, 0.15) is 5.60 Å². The quantitative estimate of drug-likeness (QED) is 0.665. The van der Waals surface area contributed by atoms with Crippen LogP contribution in [0.4, 0.5) is 0 Å². The summed E-state index contributed by atoms with van der Waals surface area (Å²) in [6, 6.07) is 0. The molecular formula is C18H32O6. The van der Waals surface area contributed by atoms with Gasteiger partial charge in [0.05, 0.1) is 24.0 Å². The van der Waals surface area contributed by atoms with Crippen LogP contribution in [0.1, 0.15) is 72.1 Å². The van der Waals surface area contributed by atoms with Crippen molar-refractivity contribution >= 4 is 11.9 Å². The molecule has 0 radical (unpaired) electrons. The first-order chi connectivity index (χ1) is 11.1. The number of carboxylic acids is 1. The highest BCUT2D eigenvalue weighted by atomic mass is 16.6. The number of rotatable bonds is 2. The number of esters is 1. The third-order valence-corrected chi connectivity index (χ3v) is 4.48. The Kier molecular flexibility index (Phi) is 8.16. The van der Waals surface area contributed by atoms with Crippen LogP contribution in [0.15, 0.2) is 0 Å². The van der Waals surface area contributed by atoms with E-state index in [0.29, 0.717) is 25.7 Å². The molecule has 0 aromatic heterocycles. The first-order valence-electron chi connectivity index (χ1n) is 8.90. The molecule has 2 rings (SSSR count). The molecule has 140 valence electrons. The average molecular weight is 344 g/mol. The van der Waals surface area contributed by atoms with Gasteiger partial charge in [-0.05, 0) is 72.1 Å². The first-order valence-corrected chi connectivity index (χ1v) is 8.90. The largest absolute Gasteiger partial charge is 0.481 e. The van der Waals surface area contributed by atoms with Gasteiger partial charge in [0.25, 0.3) is 0 Å². The molecule has 0 unspecified atom stereocenters. The number of hydrogen-bond donors (Lipinski definition) is 3. The maximum absolute atomic E-state index is 11.6. The third-order valence-electron chi connectivity index (χ3n) is 4.48. The lowest BCUT2D eigenvalue weighted by atomic mass is 9.87. The Hall–Kier alpha value is -1.14. The number of aliphatic hydroxyl groups excluding tert-OH is 2. The van der Waals surface area contributed by atoms with E-state index < -0.39 is 11.6 Å². The summed E-state index contributed by atoms with van der Waals surface area (Å²) in [6.07, 6.45) is 5.07. The second kappa shape index (κ2) is 9.37. The van der Waals surface area contributed by atoms with Gasteiger partial charge in [-0.15, -0.1) is 0 Å². The molecule has 3 N–H and O–H groups in total. The highest BCUT2D eigenvalue weighted by Gasteiger charge is 2.29. The predicted octanol–water partition coefficient (Wildman–Crippen LogP) is 2.50. The van der Waals surface area contributed by atoms with Crippen LogP contribution in [-0.4, -0.2) is 45.1 Å². The summed E-state index contributed by atoms with van der Waals surface area (Å²) in [7, 11) is 0. The molecule has 0 saturated heterocycles. The van der Waals surface area contributed by atoms with E-state index in [0.717, 1.165) is 25.7 Å². The third kappa shape index (κ3) is 8.11. The van der Waals surface area contributed by atoms with Gasteiger partial charge in [-0.25, -0.2) is 0 Å². The molecule has 2 fully saturated rings. The number of hydrogen-bond acceptors (Lipinski definition) is 5. The molecule has 0 spiro atoms. The summed E-state index contributed by atoms with van der Waals surface area (Å²) in [4.78, 5) is 22.0. The van der Waals surface area contributed by atoms with Crippen LogP contribution >= 0.6 is 0 Å². The van der Waals surface area contributed by atoms with E-state index >= 15 is 0 Å². The fourth-order valence-electron chi connectivity index (χ4n) is 3.02. The Morgan fingerprint density at radius 1 is 0.792 bits per heavy atom. The highest BCUT2D eigenvalue weighted by Crippen LogP contribution is 2.26. The molecule has 2 aliphatic carbocycles.